The van der Waals surface area contributed by atoms with E-state index in [2.05, 4.69) is 46.4 Å². The summed E-state index contributed by atoms with van der Waals surface area (Å²) >= 11 is 0. The van der Waals surface area contributed by atoms with E-state index in [1.165, 1.54) is 15.8 Å². The van der Waals surface area contributed by atoms with Gasteiger partial charge in [-0.3, -0.25) is 9.48 Å². The zero-order valence-electron chi connectivity index (χ0n) is 17.0. The molecule has 0 saturated heterocycles. The average Bonchev–Trinajstić information content (AvgIpc) is 2.96. The molecule has 0 amide bonds. The molecule has 0 N–H and O–H groups in total. The molecule has 2 aromatic heterocycles. The standard InChI is InChI=1S/C23H23N5O/c1-15-9-11-19(12-10-15)14-27-17(3)21(16(2)26-27)13-24-28-18(4)25-22-8-6-5-7-20(22)23(28)29/h5-13H,14H2,1-4H3/b24-13+. The van der Waals surface area contributed by atoms with Crippen molar-refractivity contribution in [3.63, 3.8) is 0 Å². The molecule has 0 aliphatic rings. The summed E-state index contributed by atoms with van der Waals surface area (Å²) in [7, 11) is 0. The van der Waals surface area contributed by atoms with Crippen molar-refractivity contribution in [3.05, 3.63) is 92.8 Å². The maximum Gasteiger partial charge on any atom is 0.282 e. The van der Waals surface area contributed by atoms with Gasteiger partial charge in [-0.15, -0.1) is 0 Å². The molecule has 0 radical (unpaired) electrons. The Kier molecular flexibility index (Phi) is 4.84. The Balaban J connectivity index is 1.69. The Morgan fingerprint density at radius 1 is 1.00 bits per heavy atom. The molecular formula is C23H23N5O. The number of aryl methyl sites for hydroxylation is 3. The van der Waals surface area contributed by atoms with Gasteiger partial charge >= 0.3 is 0 Å². The predicted molar refractivity (Wildman–Crippen MR) is 116 cm³/mol. The van der Waals surface area contributed by atoms with Crippen LogP contribution in [0.4, 0.5) is 0 Å². The van der Waals surface area contributed by atoms with Crippen molar-refractivity contribution >= 4 is 17.1 Å². The summed E-state index contributed by atoms with van der Waals surface area (Å²) in [5.74, 6) is 0.548. The van der Waals surface area contributed by atoms with Crippen LogP contribution in [0.25, 0.3) is 10.9 Å². The zero-order valence-corrected chi connectivity index (χ0v) is 17.0. The summed E-state index contributed by atoms with van der Waals surface area (Å²) in [6, 6.07) is 15.7. The lowest BCUT2D eigenvalue weighted by molar-refractivity contribution is 0.659. The number of nitrogens with zero attached hydrogens (tertiary/aromatic N) is 5. The fourth-order valence-corrected chi connectivity index (χ4v) is 3.40. The van der Waals surface area contributed by atoms with Gasteiger partial charge in [0.15, 0.2) is 0 Å². The molecule has 146 valence electrons. The second-order valence-corrected chi connectivity index (χ2v) is 7.27. The molecule has 4 aromatic rings. The second kappa shape index (κ2) is 7.47. The van der Waals surface area contributed by atoms with Gasteiger partial charge in [-0.05, 0) is 45.4 Å². The van der Waals surface area contributed by atoms with E-state index >= 15 is 0 Å². The minimum atomic E-state index is -0.174. The van der Waals surface area contributed by atoms with Gasteiger partial charge in [0.2, 0.25) is 0 Å². The lowest BCUT2D eigenvalue weighted by Crippen LogP contribution is -2.20. The van der Waals surface area contributed by atoms with Crippen LogP contribution in [-0.4, -0.2) is 25.7 Å². The number of fused-ring (bicyclic) bond motifs is 1. The van der Waals surface area contributed by atoms with Crippen molar-refractivity contribution in [1.29, 1.82) is 0 Å². The van der Waals surface area contributed by atoms with Crippen LogP contribution in [0.3, 0.4) is 0 Å². The van der Waals surface area contributed by atoms with Crippen LogP contribution >= 0.6 is 0 Å². The number of rotatable bonds is 4. The van der Waals surface area contributed by atoms with Gasteiger partial charge in [0.1, 0.15) is 5.82 Å². The first-order valence-corrected chi connectivity index (χ1v) is 9.56. The van der Waals surface area contributed by atoms with E-state index in [1.54, 1.807) is 19.2 Å². The van der Waals surface area contributed by atoms with Crippen LogP contribution in [0.15, 0.2) is 58.4 Å². The molecule has 0 spiro atoms. The molecule has 0 bridgehead atoms. The molecule has 0 aliphatic heterocycles. The smallest absolute Gasteiger partial charge is 0.267 e. The SMILES string of the molecule is Cc1ccc(Cn2nc(C)c(/C=N/n3c(C)nc4ccccc4c3=O)c2C)cc1. The third-order valence-electron chi connectivity index (χ3n) is 5.11. The normalized spacial score (nSPS) is 11.6. The molecular weight excluding hydrogens is 362 g/mol. The van der Waals surface area contributed by atoms with E-state index in [-0.39, 0.29) is 5.56 Å². The third kappa shape index (κ3) is 3.61. The first-order chi connectivity index (χ1) is 13.9. The van der Waals surface area contributed by atoms with Crippen molar-refractivity contribution in [2.45, 2.75) is 34.2 Å². The van der Waals surface area contributed by atoms with Gasteiger partial charge in [0, 0.05) is 11.3 Å². The molecule has 4 rings (SSSR count). The topological polar surface area (TPSA) is 65.1 Å². The Bertz CT molecular complexity index is 1280. The van der Waals surface area contributed by atoms with Crippen LogP contribution in [0.1, 0.15) is 33.9 Å². The first-order valence-electron chi connectivity index (χ1n) is 9.56. The molecule has 29 heavy (non-hydrogen) atoms. The van der Waals surface area contributed by atoms with Crippen molar-refractivity contribution in [1.82, 2.24) is 19.4 Å². The van der Waals surface area contributed by atoms with Gasteiger partial charge < -0.3 is 0 Å². The average molecular weight is 385 g/mol. The maximum atomic E-state index is 12.8. The van der Waals surface area contributed by atoms with Crippen molar-refractivity contribution < 1.29 is 0 Å². The fraction of sp³-hybridized carbons (Fsp3) is 0.217. The number of benzene rings is 2. The van der Waals surface area contributed by atoms with Crippen LogP contribution in [-0.2, 0) is 6.54 Å². The monoisotopic (exact) mass is 385 g/mol. The quantitative estimate of drug-likeness (QED) is 0.503. The highest BCUT2D eigenvalue weighted by Crippen LogP contribution is 2.14. The minimum absolute atomic E-state index is 0.174. The number of hydrogen-bond donors (Lipinski definition) is 0. The van der Waals surface area contributed by atoms with Crippen molar-refractivity contribution in [2.75, 3.05) is 0 Å². The lowest BCUT2D eigenvalue weighted by Gasteiger charge is -2.06. The first kappa shape index (κ1) is 18.8. The van der Waals surface area contributed by atoms with E-state index in [9.17, 15) is 4.79 Å². The molecule has 0 aliphatic carbocycles. The Morgan fingerprint density at radius 3 is 2.48 bits per heavy atom. The third-order valence-corrected chi connectivity index (χ3v) is 5.11. The molecule has 0 unspecified atom stereocenters. The van der Waals surface area contributed by atoms with Crippen molar-refractivity contribution in [3.8, 4) is 0 Å². The highest BCUT2D eigenvalue weighted by molar-refractivity contribution is 5.83. The molecule has 0 saturated carbocycles. The van der Waals surface area contributed by atoms with E-state index in [0.29, 0.717) is 23.3 Å². The minimum Gasteiger partial charge on any atom is -0.267 e. The van der Waals surface area contributed by atoms with Gasteiger partial charge in [-0.1, -0.05) is 42.0 Å². The van der Waals surface area contributed by atoms with Gasteiger partial charge in [0.05, 0.1) is 29.4 Å². The molecule has 0 atom stereocenters. The van der Waals surface area contributed by atoms with E-state index < -0.39 is 0 Å². The second-order valence-electron chi connectivity index (χ2n) is 7.27. The van der Waals surface area contributed by atoms with E-state index in [0.717, 1.165) is 17.0 Å². The summed E-state index contributed by atoms with van der Waals surface area (Å²) in [6.45, 7) is 8.52. The Morgan fingerprint density at radius 2 is 1.72 bits per heavy atom. The number of aromatic nitrogens is 4. The van der Waals surface area contributed by atoms with Gasteiger partial charge in [-0.2, -0.15) is 14.9 Å². The Hall–Kier alpha value is -3.54. The zero-order chi connectivity index (χ0) is 20.5. The molecule has 2 heterocycles. The Labute approximate surface area is 169 Å². The van der Waals surface area contributed by atoms with Crippen LogP contribution in [0.2, 0.25) is 0 Å². The van der Waals surface area contributed by atoms with Crippen LogP contribution in [0.5, 0.6) is 0 Å². The molecule has 6 nitrogen and oxygen atoms in total. The summed E-state index contributed by atoms with van der Waals surface area (Å²) < 4.78 is 3.31. The summed E-state index contributed by atoms with van der Waals surface area (Å²) in [5, 5.41) is 9.65. The predicted octanol–water partition coefficient (Wildman–Crippen LogP) is 3.76. The molecule has 0 fully saturated rings. The number of para-hydroxylation sites is 1. The van der Waals surface area contributed by atoms with Crippen LogP contribution in [0, 0.1) is 27.7 Å². The van der Waals surface area contributed by atoms with Crippen LogP contribution < -0.4 is 5.56 Å². The molecule has 2 aromatic carbocycles. The fourth-order valence-electron chi connectivity index (χ4n) is 3.40. The largest absolute Gasteiger partial charge is 0.282 e. The lowest BCUT2D eigenvalue weighted by atomic mass is 10.1. The van der Waals surface area contributed by atoms with E-state index in [1.807, 2.05) is 36.7 Å². The summed E-state index contributed by atoms with van der Waals surface area (Å²) in [4.78, 5) is 17.3. The summed E-state index contributed by atoms with van der Waals surface area (Å²) in [5.41, 5.74) is 5.72. The summed E-state index contributed by atoms with van der Waals surface area (Å²) in [6.07, 6.45) is 1.70. The van der Waals surface area contributed by atoms with Crippen molar-refractivity contribution in [2.24, 2.45) is 5.10 Å². The van der Waals surface area contributed by atoms with Gasteiger partial charge in [-0.25, -0.2) is 4.98 Å². The highest BCUT2D eigenvalue weighted by atomic mass is 16.1. The molecule has 6 heteroatoms. The maximum absolute atomic E-state index is 12.8. The van der Waals surface area contributed by atoms with E-state index in [4.69, 9.17) is 0 Å². The highest BCUT2D eigenvalue weighted by Gasteiger charge is 2.11. The van der Waals surface area contributed by atoms with Gasteiger partial charge in [0.25, 0.3) is 5.56 Å². The number of hydrogen-bond acceptors (Lipinski definition) is 4.